The minimum atomic E-state index is -0.820. The van der Waals surface area contributed by atoms with Gasteiger partial charge in [-0.25, -0.2) is 4.79 Å². The van der Waals surface area contributed by atoms with Crippen molar-refractivity contribution < 1.29 is 14.3 Å². The summed E-state index contributed by atoms with van der Waals surface area (Å²) >= 11 is 5.84. The summed E-state index contributed by atoms with van der Waals surface area (Å²) in [5, 5.41) is 9.65. The summed E-state index contributed by atoms with van der Waals surface area (Å²) < 4.78 is 10.9. The van der Waals surface area contributed by atoms with Crippen molar-refractivity contribution >= 4 is 17.6 Å². The van der Waals surface area contributed by atoms with Gasteiger partial charge in [0.05, 0.1) is 5.56 Å². The maximum Gasteiger partial charge on any atom is 0.347 e. The Hall–Kier alpha value is -2.51. The van der Waals surface area contributed by atoms with Crippen LogP contribution in [0.15, 0.2) is 48.5 Å². The maximum absolute atomic E-state index is 12.1. The van der Waals surface area contributed by atoms with Crippen LogP contribution in [0.4, 0.5) is 0 Å². The molecule has 23 heavy (non-hydrogen) atoms. The fraction of sp³-hybridized carbons (Fsp3) is 0.222. The highest BCUT2D eigenvalue weighted by molar-refractivity contribution is 6.30. The number of halogens is 1. The highest BCUT2D eigenvalue weighted by Crippen LogP contribution is 2.22. The Labute approximate surface area is 140 Å². The van der Waals surface area contributed by atoms with E-state index >= 15 is 0 Å². The van der Waals surface area contributed by atoms with E-state index in [2.05, 4.69) is 0 Å². The first-order valence-corrected chi connectivity index (χ1v) is 7.51. The summed E-state index contributed by atoms with van der Waals surface area (Å²) in [4.78, 5) is 12.1. The molecule has 0 aliphatic carbocycles. The molecule has 2 atom stereocenters. The van der Waals surface area contributed by atoms with Crippen molar-refractivity contribution in [2.45, 2.75) is 26.1 Å². The average Bonchev–Trinajstić information content (AvgIpc) is 2.55. The molecule has 0 amide bonds. The van der Waals surface area contributed by atoms with E-state index in [9.17, 15) is 4.79 Å². The molecule has 0 saturated carbocycles. The Balaban J connectivity index is 2.00. The van der Waals surface area contributed by atoms with Gasteiger partial charge < -0.3 is 9.47 Å². The summed E-state index contributed by atoms with van der Waals surface area (Å²) in [6, 6.07) is 15.9. The lowest BCUT2D eigenvalue weighted by Gasteiger charge is -2.18. The summed E-state index contributed by atoms with van der Waals surface area (Å²) in [6.07, 6.45) is -1.24. The van der Waals surface area contributed by atoms with Gasteiger partial charge in [-0.1, -0.05) is 35.9 Å². The number of esters is 1. The molecule has 0 N–H and O–H groups in total. The Morgan fingerprint density at radius 1 is 1.13 bits per heavy atom. The Bertz CT molecular complexity index is 722. The molecule has 2 aromatic rings. The zero-order valence-corrected chi connectivity index (χ0v) is 13.6. The molecular weight excluding hydrogens is 314 g/mol. The van der Waals surface area contributed by atoms with Crippen LogP contribution in [0.3, 0.4) is 0 Å². The normalized spacial score (nSPS) is 12.8. The lowest BCUT2D eigenvalue weighted by molar-refractivity contribution is -0.156. The molecular formula is C18H16ClNO3. The number of para-hydroxylation sites is 1. The van der Waals surface area contributed by atoms with Crippen molar-refractivity contribution in [3.05, 3.63) is 64.7 Å². The van der Waals surface area contributed by atoms with Crippen LogP contribution in [0, 0.1) is 11.3 Å². The van der Waals surface area contributed by atoms with Crippen molar-refractivity contribution in [2.75, 3.05) is 0 Å². The minimum Gasteiger partial charge on any atom is -0.478 e. The van der Waals surface area contributed by atoms with E-state index in [4.69, 9.17) is 26.3 Å². The first kappa shape index (κ1) is 16.9. The average molecular weight is 330 g/mol. The highest BCUT2D eigenvalue weighted by Gasteiger charge is 2.21. The lowest BCUT2D eigenvalue weighted by Crippen LogP contribution is -2.27. The van der Waals surface area contributed by atoms with Gasteiger partial charge in [0.25, 0.3) is 0 Å². The number of rotatable bonds is 5. The van der Waals surface area contributed by atoms with Gasteiger partial charge in [0.2, 0.25) is 0 Å². The molecule has 5 heteroatoms. The predicted molar refractivity (Wildman–Crippen MR) is 87.2 cm³/mol. The smallest absolute Gasteiger partial charge is 0.347 e. The summed E-state index contributed by atoms with van der Waals surface area (Å²) in [5.41, 5.74) is 1.21. The van der Waals surface area contributed by atoms with Crippen molar-refractivity contribution in [3.8, 4) is 11.8 Å². The molecule has 118 valence electrons. The van der Waals surface area contributed by atoms with Gasteiger partial charge in [-0.15, -0.1) is 0 Å². The molecule has 4 nitrogen and oxygen atoms in total. The molecule has 0 saturated heterocycles. The van der Waals surface area contributed by atoms with Crippen LogP contribution in [-0.2, 0) is 9.53 Å². The summed E-state index contributed by atoms with van der Waals surface area (Å²) in [6.45, 7) is 3.36. The summed E-state index contributed by atoms with van der Waals surface area (Å²) in [7, 11) is 0. The fourth-order valence-corrected chi connectivity index (χ4v) is 2.10. The number of hydrogen-bond donors (Lipinski definition) is 0. The third-order valence-corrected chi connectivity index (χ3v) is 3.53. The lowest BCUT2D eigenvalue weighted by atomic mass is 10.1. The predicted octanol–water partition coefficient (Wildman–Crippen LogP) is 4.28. The van der Waals surface area contributed by atoms with Crippen LogP contribution < -0.4 is 4.74 Å². The van der Waals surface area contributed by atoms with Gasteiger partial charge >= 0.3 is 5.97 Å². The Kier molecular flexibility index (Phi) is 5.61. The molecule has 0 heterocycles. The standard InChI is InChI=1S/C18H16ClNO3/c1-12(14-7-9-16(19)10-8-14)23-18(21)13(2)22-17-6-4-3-5-15(17)11-20/h3-10,12-13H,1-2H3. The van der Waals surface area contributed by atoms with E-state index in [1.165, 1.54) is 0 Å². The second-order valence-electron chi connectivity index (χ2n) is 5.00. The van der Waals surface area contributed by atoms with E-state index in [0.29, 0.717) is 16.3 Å². The quantitative estimate of drug-likeness (QED) is 0.768. The molecule has 2 unspecified atom stereocenters. The number of nitrogens with zero attached hydrogens (tertiary/aromatic N) is 1. The molecule has 0 radical (unpaired) electrons. The van der Waals surface area contributed by atoms with Crippen LogP contribution in [-0.4, -0.2) is 12.1 Å². The van der Waals surface area contributed by atoms with Gasteiger partial charge in [0, 0.05) is 5.02 Å². The number of benzene rings is 2. The monoisotopic (exact) mass is 329 g/mol. The Morgan fingerprint density at radius 2 is 1.78 bits per heavy atom. The number of carbonyl (C=O) groups excluding carboxylic acids is 1. The van der Waals surface area contributed by atoms with E-state index in [-0.39, 0.29) is 0 Å². The molecule has 0 aromatic heterocycles. The number of carbonyl (C=O) groups is 1. The molecule has 0 aliphatic heterocycles. The number of ether oxygens (including phenoxy) is 2. The van der Waals surface area contributed by atoms with Crippen LogP contribution in [0.2, 0.25) is 5.02 Å². The van der Waals surface area contributed by atoms with E-state index < -0.39 is 18.2 Å². The van der Waals surface area contributed by atoms with Gasteiger partial charge in [-0.3, -0.25) is 0 Å². The van der Waals surface area contributed by atoms with Crippen molar-refractivity contribution in [3.63, 3.8) is 0 Å². The highest BCUT2D eigenvalue weighted by atomic mass is 35.5. The molecule has 0 bridgehead atoms. The largest absolute Gasteiger partial charge is 0.478 e. The third kappa shape index (κ3) is 4.48. The topological polar surface area (TPSA) is 59.3 Å². The first-order chi connectivity index (χ1) is 11.0. The number of hydrogen-bond acceptors (Lipinski definition) is 4. The molecule has 2 aromatic carbocycles. The van der Waals surface area contributed by atoms with Crippen LogP contribution in [0.1, 0.15) is 31.1 Å². The SMILES string of the molecule is CC(Oc1ccccc1C#N)C(=O)OC(C)c1ccc(Cl)cc1. The van der Waals surface area contributed by atoms with Crippen molar-refractivity contribution in [2.24, 2.45) is 0 Å². The zero-order chi connectivity index (χ0) is 16.8. The zero-order valence-electron chi connectivity index (χ0n) is 12.8. The van der Waals surface area contributed by atoms with E-state index in [1.807, 2.05) is 6.07 Å². The van der Waals surface area contributed by atoms with Crippen molar-refractivity contribution in [1.82, 2.24) is 0 Å². The molecule has 2 rings (SSSR count). The summed E-state index contributed by atoms with van der Waals surface area (Å²) in [5.74, 6) is -0.140. The molecule has 0 spiro atoms. The van der Waals surface area contributed by atoms with Gasteiger partial charge in [0.15, 0.2) is 6.10 Å². The van der Waals surface area contributed by atoms with Gasteiger partial charge in [0.1, 0.15) is 17.9 Å². The van der Waals surface area contributed by atoms with Gasteiger partial charge in [-0.2, -0.15) is 5.26 Å². The number of nitriles is 1. The van der Waals surface area contributed by atoms with E-state index in [1.54, 1.807) is 62.4 Å². The second kappa shape index (κ2) is 7.66. The van der Waals surface area contributed by atoms with Gasteiger partial charge in [-0.05, 0) is 43.7 Å². The Morgan fingerprint density at radius 3 is 2.43 bits per heavy atom. The molecule has 0 fully saturated rings. The van der Waals surface area contributed by atoms with Crippen molar-refractivity contribution in [1.29, 1.82) is 5.26 Å². The second-order valence-corrected chi connectivity index (χ2v) is 5.44. The first-order valence-electron chi connectivity index (χ1n) is 7.13. The maximum atomic E-state index is 12.1. The third-order valence-electron chi connectivity index (χ3n) is 3.28. The van der Waals surface area contributed by atoms with Crippen LogP contribution in [0.5, 0.6) is 5.75 Å². The fourth-order valence-electron chi connectivity index (χ4n) is 1.97. The van der Waals surface area contributed by atoms with Crippen LogP contribution in [0.25, 0.3) is 0 Å². The van der Waals surface area contributed by atoms with E-state index in [0.717, 1.165) is 5.56 Å². The van der Waals surface area contributed by atoms with Crippen LogP contribution >= 0.6 is 11.6 Å². The molecule has 0 aliphatic rings. The minimum absolute atomic E-state index is 0.360.